The third kappa shape index (κ3) is 4.84. The van der Waals surface area contributed by atoms with Gasteiger partial charge in [-0.1, -0.05) is 32.9 Å². The van der Waals surface area contributed by atoms with Crippen molar-refractivity contribution in [2.24, 2.45) is 5.41 Å². The average Bonchev–Trinajstić information content (AvgIpc) is 3.08. The molecule has 0 fully saturated rings. The molecule has 0 aliphatic rings. The minimum Gasteiger partial charge on any atom is -0.467 e. The summed E-state index contributed by atoms with van der Waals surface area (Å²) in [6.07, 6.45) is 3.20. The highest BCUT2D eigenvalue weighted by molar-refractivity contribution is 6.48. The van der Waals surface area contributed by atoms with Crippen LogP contribution >= 0.6 is 0 Å². The Hall–Kier alpha value is -2.43. The van der Waals surface area contributed by atoms with Gasteiger partial charge in [-0.3, -0.25) is 0 Å². The van der Waals surface area contributed by atoms with Gasteiger partial charge in [0.25, 0.3) is 0 Å². The van der Waals surface area contributed by atoms with E-state index < -0.39 is 21.1 Å². The van der Waals surface area contributed by atoms with Crippen LogP contribution in [0.4, 0.5) is 0 Å². The molecular weight excluding hydrogens is 358 g/mol. The number of nitrogens with zero attached hydrogens (tertiary/aromatic N) is 3. The number of hydrogen-bond acceptors (Lipinski definition) is 5. The van der Waals surface area contributed by atoms with Crippen LogP contribution in [0.25, 0.3) is 0 Å². The number of esters is 1. The summed E-state index contributed by atoms with van der Waals surface area (Å²) >= 11 is 0. The molecule has 0 radical (unpaired) electrons. The van der Waals surface area contributed by atoms with Crippen molar-refractivity contribution in [1.82, 2.24) is 9.55 Å². The third-order valence-corrected chi connectivity index (χ3v) is 5.03. The highest BCUT2D eigenvalue weighted by Gasteiger charge is 2.34. The van der Waals surface area contributed by atoms with Crippen molar-refractivity contribution in [1.29, 1.82) is 5.26 Å². The van der Waals surface area contributed by atoms with Crippen molar-refractivity contribution in [3.63, 3.8) is 0 Å². The van der Waals surface area contributed by atoms with Crippen molar-refractivity contribution in [3.05, 3.63) is 53.6 Å². The van der Waals surface area contributed by atoms with E-state index in [-0.39, 0.29) is 11.5 Å². The van der Waals surface area contributed by atoms with E-state index in [1.54, 1.807) is 36.8 Å². The van der Waals surface area contributed by atoms with Crippen LogP contribution < -0.4 is 0 Å². The summed E-state index contributed by atoms with van der Waals surface area (Å²) in [7, 11) is 0.0343. The highest BCUT2D eigenvalue weighted by atomic mass is 28.3. The fourth-order valence-corrected chi connectivity index (χ4v) is 4.08. The van der Waals surface area contributed by atoms with Gasteiger partial charge in [0.15, 0.2) is 15.1 Å². The summed E-state index contributed by atoms with van der Waals surface area (Å²) in [5, 5.41) is 9.03. The molecule has 6 nitrogen and oxygen atoms in total. The lowest BCUT2D eigenvalue weighted by Crippen LogP contribution is -2.31. The average molecular weight is 386 g/mol. The van der Waals surface area contributed by atoms with Gasteiger partial charge in [0.2, 0.25) is 0 Å². The maximum absolute atomic E-state index is 12.6. The second kappa shape index (κ2) is 8.50. The Bertz CT molecular complexity index is 816. The Labute approximate surface area is 162 Å². The molecule has 0 spiro atoms. The van der Waals surface area contributed by atoms with E-state index in [0.717, 1.165) is 11.3 Å². The fourth-order valence-electron chi connectivity index (χ4n) is 2.99. The van der Waals surface area contributed by atoms with Crippen LogP contribution in [0.1, 0.15) is 49.7 Å². The van der Waals surface area contributed by atoms with Gasteiger partial charge in [-0.25, -0.2) is 9.78 Å². The molecule has 0 amide bonds. The number of ether oxygens (including phenoxy) is 1. The Morgan fingerprint density at radius 1 is 1.26 bits per heavy atom. The smallest absolute Gasteiger partial charge is 0.333 e. The largest absolute Gasteiger partial charge is 0.467 e. The van der Waals surface area contributed by atoms with Crippen molar-refractivity contribution >= 4 is 15.0 Å². The van der Waals surface area contributed by atoms with Crippen molar-refractivity contribution in [2.75, 3.05) is 7.11 Å². The molecule has 2 rings (SSSR count). The summed E-state index contributed by atoms with van der Waals surface area (Å²) < 4.78 is 13.2. The van der Waals surface area contributed by atoms with Gasteiger partial charge in [-0.05, 0) is 36.2 Å². The predicted molar refractivity (Wildman–Crippen MR) is 106 cm³/mol. The van der Waals surface area contributed by atoms with Crippen LogP contribution in [0.3, 0.4) is 0 Å². The number of carbonyl (C=O) groups is 1. The number of benzene rings is 1. The number of hydrogen-bond donors (Lipinski definition) is 0. The summed E-state index contributed by atoms with van der Waals surface area (Å²) in [6.45, 7) is 10.6. The first-order chi connectivity index (χ1) is 12.7. The molecule has 27 heavy (non-hydrogen) atoms. The van der Waals surface area contributed by atoms with E-state index >= 15 is 0 Å². The van der Waals surface area contributed by atoms with Crippen LogP contribution in [0.2, 0.25) is 13.1 Å². The topological polar surface area (TPSA) is 77.1 Å². The number of aromatic nitrogens is 2. The van der Waals surface area contributed by atoms with E-state index in [9.17, 15) is 4.79 Å². The van der Waals surface area contributed by atoms with Crippen LogP contribution in [0, 0.1) is 16.7 Å². The van der Waals surface area contributed by atoms with Gasteiger partial charge >= 0.3 is 5.97 Å². The van der Waals surface area contributed by atoms with Gasteiger partial charge in [0, 0.05) is 0 Å². The predicted octanol–water partition coefficient (Wildman–Crippen LogP) is 3.60. The van der Waals surface area contributed by atoms with Crippen molar-refractivity contribution in [3.8, 4) is 6.07 Å². The fraction of sp³-hybridized carbons (Fsp3) is 0.450. The Balaban J connectivity index is 2.56. The van der Waals surface area contributed by atoms with Crippen LogP contribution in [0.5, 0.6) is 0 Å². The highest BCUT2D eigenvalue weighted by Crippen LogP contribution is 2.38. The lowest BCUT2D eigenvalue weighted by atomic mass is 9.87. The first kappa shape index (κ1) is 20.9. The lowest BCUT2D eigenvalue weighted by Gasteiger charge is -2.34. The van der Waals surface area contributed by atoms with Crippen molar-refractivity contribution < 1.29 is 14.0 Å². The van der Waals surface area contributed by atoms with Gasteiger partial charge in [0.05, 0.1) is 43.1 Å². The number of methoxy groups -OCH3 is 1. The standard InChI is InChI=1S/C20H27N3O3Si/c1-20(2,3)18(26-27(5)6)16-12-22-13-23(16)17(19(24)25-4)15-9-7-14(11-21)8-10-15/h7-10,12-13,17-18,27H,1-6H3. The molecule has 0 N–H and O–H groups in total. The van der Waals surface area contributed by atoms with E-state index in [4.69, 9.17) is 14.4 Å². The molecule has 1 aromatic carbocycles. The third-order valence-electron chi connectivity index (χ3n) is 4.22. The Morgan fingerprint density at radius 3 is 2.37 bits per heavy atom. The second-order valence-corrected chi connectivity index (χ2v) is 10.2. The summed E-state index contributed by atoms with van der Waals surface area (Å²) in [6, 6.07) is 8.33. The van der Waals surface area contributed by atoms with Crippen LogP contribution in [0.15, 0.2) is 36.8 Å². The first-order valence-electron chi connectivity index (χ1n) is 8.94. The molecule has 1 aromatic heterocycles. The van der Waals surface area contributed by atoms with Gasteiger partial charge in [-0.2, -0.15) is 5.26 Å². The second-order valence-electron chi connectivity index (χ2n) is 7.82. The number of imidazole rings is 1. The minimum atomic E-state index is -1.34. The number of carbonyl (C=O) groups excluding carboxylic acids is 1. The maximum atomic E-state index is 12.6. The van der Waals surface area contributed by atoms with Gasteiger partial charge in [-0.15, -0.1) is 0 Å². The van der Waals surface area contributed by atoms with Gasteiger partial charge < -0.3 is 13.7 Å². The monoisotopic (exact) mass is 385 g/mol. The molecule has 2 unspecified atom stereocenters. The molecule has 0 saturated heterocycles. The lowest BCUT2D eigenvalue weighted by molar-refractivity contribution is -0.143. The number of rotatable bonds is 6. The zero-order valence-electron chi connectivity index (χ0n) is 16.8. The van der Waals surface area contributed by atoms with E-state index in [0.29, 0.717) is 5.56 Å². The zero-order valence-corrected chi connectivity index (χ0v) is 17.9. The van der Waals surface area contributed by atoms with E-state index in [1.807, 2.05) is 4.57 Å². The summed E-state index contributed by atoms with van der Waals surface area (Å²) in [4.78, 5) is 16.9. The summed E-state index contributed by atoms with van der Waals surface area (Å²) in [5.74, 6) is -0.395. The molecular formula is C20H27N3O3Si. The van der Waals surface area contributed by atoms with Gasteiger partial charge in [0.1, 0.15) is 0 Å². The SMILES string of the molecule is COC(=O)C(c1ccc(C#N)cc1)n1cncc1C(O[SiH](C)C)C(C)(C)C. The molecule has 2 atom stereocenters. The molecule has 0 aliphatic heterocycles. The Morgan fingerprint density at radius 2 is 1.89 bits per heavy atom. The van der Waals surface area contributed by atoms with E-state index in [2.05, 4.69) is 44.9 Å². The molecule has 0 aliphatic carbocycles. The zero-order chi connectivity index (χ0) is 20.2. The molecule has 2 aromatic rings. The normalized spacial score (nSPS) is 13.9. The number of nitriles is 1. The molecule has 7 heteroatoms. The molecule has 1 heterocycles. The summed E-state index contributed by atoms with van der Waals surface area (Å²) in [5.41, 5.74) is 1.94. The quantitative estimate of drug-likeness (QED) is 0.561. The first-order valence-corrected chi connectivity index (χ1v) is 11.7. The van der Waals surface area contributed by atoms with Crippen molar-refractivity contribution in [2.45, 2.75) is 46.0 Å². The van der Waals surface area contributed by atoms with Crippen LogP contribution in [-0.2, 0) is 14.0 Å². The maximum Gasteiger partial charge on any atom is 0.333 e. The van der Waals surface area contributed by atoms with Crippen LogP contribution in [-0.4, -0.2) is 31.7 Å². The van der Waals surface area contributed by atoms with E-state index in [1.165, 1.54) is 7.11 Å². The minimum absolute atomic E-state index is 0.166. The Kier molecular flexibility index (Phi) is 6.57. The molecule has 0 bridgehead atoms. The molecule has 0 saturated carbocycles. The molecule has 144 valence electrons.